The van der Waals surface area contributed by atoms with Crippen molar-refractivity contribution in [3.63, 3.8) is 0 Å². The number of amides is 1. The summed E-state index contributed by atoms with van der Waals surface area (Å²) in [7, 11) is 0. The summed E-state index contributed by atoms with van der Waals surface area (Å²) in [6.07, 6.45) is 0. The molecule has 0 saturated heterocycles. The van der Waals surface area contributed by atoms with Crippen molar-refractivity contribution in [2.75, 3.05) is 0 Å². The maximum absolute atomic E-state index is 10.9. The van der Waals surface area contributed by atoms with Gasteiger partial charge in [-0.05, 0) is 26.0 Å². The number of nitrogens with two attached hydrogens (primary N) is 1. The molecule has 1 aromatic heterocycles. The fourth-order valence-corrected chi connectivity index (χ4v) is 1.91. The molecule has 2 rings (SSSR count). The van der Waals surface area contributed by atoms with E-state index in [1.807, 2.05) is 31.2 Å². The number of rotatable bonds is 4. The van der Waals surface area contributed by atoms with E-state index in [9.17, 15) is 4.79 Å². The van der Waals surface area contributed by atoms with Crippen LogP contribution in [0.5, 0.6) is 0 Å². The van der Waals surface area contributed by atoms with Gasteiger partial charge in [-0.15, -0.1) is 10.2 Å². The van der Waals surface area contributed by atoms with Gasteiger partial charge in [0.25, 0.3) is 5.22 Å². The molecule has 0 aliphatic carbocycles. The number of benzene rings is 1. The van der Waals surface area contributed by atoms with Gasteiger partial charge >= 0.3 is 0 Å². The Bertz CT molecular complexity index is 551. The molecule has 94 valence electrons. The molecule has 1 aromatic carbocycles. The molecule has 0 unspecified atom stereocenters. The van der Waals surface area contributed by atoms with Crippen LogP contribution in [-0.2, 0) is 4.79 Å². The van der Waals surface area contributed by atoms with Gasteiger partial charge in [0.2, 0.25) is 11.8 Å². The van der Waals surface area contributed by atoms with Crippen molar-refractivity contribution >= 4 is 17.7 Å². The zero-order valence-electron chi connectivity index (χ0n) is 10.1. The second-order valence-corrected chi connectivity index (χ2v) is 5.19. The Morgan fingerprint density at radius 3 is 2.61 bits per heavy atom. The van der Waals surface area contributed by atoms with Crippen molar-refractivity contribution < 1.29 is 9.21 Å². The summed E-state index contributed by atoms with van der Waals surface area (Å²) in [5.41, 5.74) is 7.18. The van der Waals surface area contributed by atoms with Crippen LogP contribution in [-0.4, -0.2) is 21.4 Å². The third kappa shape index (κ3) is 2.89. The van der Waals surface area contributed by atoms with E-state index in [1.54, 1.807) is 6.92 Å². The van der Waals surface area contributed by atoms with Crippen LogP contribution < -0.4 is 5.73 Å². The number of carbonyl (C=O) groups is 1. The van der Waals surface area contributed by atoms with Crippen molar-refractivity contribution in [3.05, 3.63) is 29.8 Å². The van der Waals surface area contributed by atoms with Gasteiger partial charge in [-0.25, -0.2) is 0 Å². The van der Waals surface area contributed by atoms with Gasteiger partial charge in [-0.3, -0.25) is 4.79 Å². The topological polar surface area (TPSA) is 82.0 Å². The Kier molecular flexibility index (Phi) is 3.66. The number of hydrogen-bond donors (Lipinski definition) is 1. The van der Waals surface area contributed by atoms with E-state index in [4.69, 9.17) is 10.2 Å². The number of aryl methyl sites for hydroxylation is 1. The first-order valence-corrected chi connectivity index (χ1v) is 6.31. The summed E-state index contributed by atoms with van der Waals surface area (Å²) >= 11 is 1.16. The van der Waals surface area contributed by atoms with E-state index >= 15 is 0 Å². The Labute approximate surface area is 109 Å². The van der Waals surface area contributed by atoms with Gasteiger partial charge in [-0.2, -0.15) is 0 Å². The molecular weight excluding hydrogens is 250 g/mol. The predicted octanol–water partition coefficient (Wildman–Crippen LogP) is 2.01. The Hall–Kier alpha value is -1.82. The SMILES string of the molecule is Cc1ccc(-c2nnc(S[C@H](C)C(N)=O)o2)cc1. The average Bonchev–Trinajstić information content (AvgIpc) is 2.78. The molecule has 0 saturated carbocycles. The third-order valence-corrected chi connectivity index (χ3v) is 3.34. The lowest BCUT2D eigenvalue weighted by Gasteiger charge is -2.01. The molecule has 0 aliphatic rings. The predicted molar refractivity (Wildman–Crippen MR) is 69.0 cm³/mol. The van der Waals surface area contributed by atoms with Crippen molar-refractivity contribution in [3.8, 4) is 11.5 Å². The number of primary amides is 1. The van der Waals surface area contributed by atoms with Crippen LogP contribution in [0.2, 0.25) is 0 Å². The average molecular weight is 263 g/mol. The lowest BCUT2D eigenvalue weighted by atomic mass is 10.1. The molecule has 0 radical (unpaired) electrons. The van der Waals surface area contributed by atoms with E-state index in [0.29, 0.717) is 11.1 Å². The molecule has 1 heterocycles. The Morgan fingerprint density at radius 2 is 2.00 bits per heavy atom. The number of nitrogens with zero attached hydrogens (tertiary/aromatic N) is 2. The summed E-state index contributed by atoms with van der Waals surface area (Å²) in [6.45, 7) is 3.70. The van der Waals surface area contributed by atoms with E-state index in [-0.39, 0.29) is 0 Å². The molecule has 0 bridgehead atoms. The lowest BCUT2D eigenvalue weighted by molar-refractivity contribution is -0.117. The molecule has 1 amide bonds. The van der Waals surface area contributed by atoms with Gasteiger partial charge in [0.1, 0.15) is 0 Å². The van der Waals surface area contributed by atoms with E-state index in [1.165, 1.54) is 0 Å². The van der Waals surface area contributed by atoms with Crippen LogP contribution in [0, 0.1) is 6.92 Å². The summed E-state index contributed by atoms with van der Waals surface area (Å²) in [5.74, 6) is 0.0317. The standard InChI is InChI=1S/C12H13N3O2S/c1-7-3-5-9(6-4-7)11-14-15-12(17-11)18-8(2)10(13)16/h3-6,8H,1-2H3,(H2,13,16)/t8-/m1/s1. The minimum Gasteiger partial charge on any atom is -0.411 e. The van der Waals surface area contributed by atoms with E-state index in [2.05, 4.69) is 10.2 Å². The van der Waals surface area contributed by atoms with Crippen LogP contribution in [0.1, 0.15) is 12.5 Å². The highest BCUT2D eigenvalue weighted by Gasteiger charge is 2.16. The minimum atomic E-state index is -0.407. The van der Waals surface area contributed by atoms with Crippen molar-refractivity contribution in [1.29, 1.82) is 0 Å². The summed E-state index contributed by atoms with van der Waals surface area (Å²) in [4.78, 5) is 10.9. The number of carbonyl (C=O) groups excluding carboxylic acids is 1. The van der Waals surface area contributed by atoms with Gasteiger partial charge in [0.15, 0.2) is 0 Å². The molecule has 0 fully saturated rings. The van der Waals surface area contributed by atoms with Crippen molar-refractivity contribution in [2.45, 2.75) is 24.3 Å². The van der Waals surface area contributed by atoms with Crippen molar-refractivity contribution in [1.82, 2.24) is 10.2 Å². The quantitative estimate of drug-likeness (QED) is 0.853. The highest BCUT2D eigenvalue weighted by Crippen LogP contribution is 2.25. The van der Waals surface area contributed by atoms with Gasteiger partial charge in [-0.1, -0.05) is 29.5 Å². The second-order valence-electron chi connectivity index (χ2n) is 3.90. The summed E-state index contributed by atoms with van der Waals surface area (Å²) in [5, 5.41) is 7.77. The molecule has 5 nitrogen and oxygen atoms in total. The van der Waals surface area contributed by atoms with Crippen LogP contribution in [0.4, 0.5) is 0 Å². The van der Waals surface area contributed by atoms with Gasteiger partial charge < -0.3 is 10.2 Å². The second kappa shape index (κ2) is 5.22. The van der Waals surface area contributed by atoms with E-state index < -0.39 is 11.2 Å². The van der Waals surface area contributed by atoms with Gasteiger partial charge in [0, 0.05) is 5.56 Å². The maximum atomic E-state index is 10.9. The Balaban J connectivity index is 2.15. The third-order valence-electron chi connectivity index (χ3n) is 2.38. The van der Waals surface area contributed by atoms with Crippen molar-refractivity contribution in [2.24, 2.45) is 5.73 Å². The number of hydrogen-bond acceptors (Lipinski definition) is 5. The zero-order chi connectivity index (χ0) is 13.1. The molecule has 0 aliphatic heterocycles. The minimum absolute atomic E-state index is 0.344. The molecular formula is C12H13N3O2S. The summed E-state index contributed by atoms with van der Waals surface area (Å²) in [6, 6.07) is 7.76. The molecule has 6 heteroatoms. The zero-order valence-corrected chi connectivity index (χ0v) is 10.9. The molecule has 0 spiro atoms. The molecule has 2 aromatic rings. The summed E-state index contributed by atoms with van der Waals surface area (Å²) < 4.78 is 5.46. The van der Waals surface area contributed by atoms with Crippen LogP contribution >= 0.6 is 11.8 Å². The fraction of sp³-hybridized carbons (Fsp3) is 0.250. The fourth-order valence-electron chi connectivity index (χ4n) is 1.28. The van der Waals surface area contributed by atoms with Crippen LogP contribution in [0.15, 0.2) is 33.9 Å². The molecule has 18 heavy (non-hydrogen) atoms. The van der Waals surface area contributed by atoms with Gasteiger partial charge in [0.05, 0.1) is 5.25 Å². The monoisotopic (exact) mass is 263 g/mol. The molecule has 2 N–H and O–H groups in total. The molecule has 1 atom stereocenters. The first kappa shape index (κ1) is 12.6. The normalized spacial score (nSPS) is 12.3. The van der Waals surface area contributed by atoms with Crippen LogP contribution in [0.25, 0.3) is 11.5 Å². The first-order valence-electron chi connectivity index (χ1n) is 5.43. The van der Waals surface area contributed by atoms with Crippen LogP contribution in [0.3, 0.4) is 0 Å². The number of thioether (sulfide) groups is 1. The Morgan fingerprint density at radius 1 is 1.33 bits per heavy atom. The van der Waals surface area contributed by atoms with E-state index in [0.717, 1.165) is 22.9 Å². The number of aromatic nitrogens is 2. The lowest BCUT2D eigenvalue weighted by Crippen LogP contribution is -2.22. The smallest absolute Gasteiger partial charge is 0.277 e. The maximum Gasteiger partial charge on any atom is 0.277 e. The largest absolute Gasteiger partial charge is 0.411 e. The highest BCUT2D eigenvalue weighted by molar-refractivity contribution is 8.00. The first-order chi connectivity index (χ1) is 8.56. The highest BCUT2D eigenvalue weighted by atomic mass is 32.2.